The van der Waals surface area contributed by atoms with Crippen molar-refractivity contribution in [1.82, 2.24) is 25.4 Å². The van der Waals surface area contributed by atoms with E-state index in [0.717, 1.165) is 0 Å². The van der Waals surface area contributed by atoms with Crippen LogP contribution in [0.2, 0.25) is 0 Å². The molecule has 0 aliphatic heterocycles. The lowest BCUT2D eigenvalue weighted by molar-refractivity contribution is -0.132. The first kappa shape index (κ1) is 18.9. The average molecular weight is 406 g/mol. The number of guanidine groups is 1. The molecule has 0 aliphatic rings. The van der Waals surface area contributed by atoms with Gasteiger partial charge in [0.05, 0.1) is 6.42 Å². The first-order valence-electron chi connectivity index (χ1n) is 5.84. The van der Waals surface area contributed by atoms with Crippen LogP contribution in [0.1, 0.15) is 19.2 Å². The van der Waals surface area contributed by atoms with Gasteiger partial charge in [0.1, 0.15) is 18.7 Å². The molecule has 0 bridgehead atoms. The minimum absolute atomic E-state index is 0. The second-order valence-corrected chi connectivity index (χ2v) is 3.79. The monoisotopic (exact) mass is 406 g/mol. The predicted molar refractivity (Wildman–Crippen MR) is 79.9 cm³/mol. The summed E-state index contributed by atoms with van der Waals surface area (Å²) in [6, 6.07) is 0. The van der Waals surface area contributed by atoms with Crippen molar-refractivity contribution in [2.75, 3.05) is 13.1 Å². The van der Waals surface area contributed by atoms with Crippen LogP contribution >= 0.6 is 24.0 Å². The number of aryl methyl sites for hydroxylation is 1. The zero-order valence-electron chi connectivity index (χ0n) is 11.2. The molecule has 6 nitrogen and oxygen atoms in total. The number of rotatable bonds is 5. The van der Waals surface area contributed by atoms with Crippen molar-refractivity contribution in [3.05, 3.63) is 12.2 Å². The fraction of sp³-hybridized carbons (Fsp3) is 0.700. The van der Waals surface area contributed by atoms with E-state index in [1.54, 1.807) is 11.7 Å². The first-order chi connectivity index (χ1) is 8.92. The third-order valence-corrected chi connectivity index (χ3v) is 2.23. The largest absolute Gasteiger partial charge is 0.390 e. The quantitative estimate of drug-likeness (QED) is 0.441. The van der Waals surface area contributed by atoms with E-state index in [4.69, 9.17) is 0 Å². The molecule has 0 radical (unpaired) electrons. The second-order valence-electron chi connectivity index (χ2n) is 3.79. The number of alkyl halides is 3. The molecule has 0 amide bonds. The van der Waals surface area contributed by atoms with Crippen molar-refractivity contribution in [2.45, 2.75) is 26.1 Å². The number of halogens is 4. The standard InChI is InChI=1S/C10H17F3N6.HI/c1-3-14-9(15-5-4-10(11,12)13)16-6-8-17-7-18-19(8)2;/h7H,3-6H2,1-2H3,(H2,14,15,16);1H. The Morgan fingerprint density at radius 1 is 1.40 bits per heavy atom. The Kier molecular flexibility index (Phi) is 8.49. The fourth-order valence-electron chi connectivity index (χ4n) is 1.28. The van der Waals surface area contributed by atoms with Crippen LogP contribution in [-0.2, 0) is 13.6 Å². The smallest absolute Gasteiger partial charge is 0.357 e. The number of nitrogens with one attached hydrogen (secondary N) is 2. The first-order valence-corrected chi connectivity index (χ1v) is 5.84. The Hall–Kier alpha value is -1.07. The van der Waals surface area contributed by atoms with Crippen molar-refractivity contribution in [1.29, 1.82) is 0 Å². The summed E-state index contributed by atoms with van der Waals surface area (Å²) in [6.45, 7) is 2.44. The minimum atomic E-state index is -4.17. The summed E-state index contributed by atoms with van der Waals surface area (Å²) in [4.78, 5) is 8.12. The summed E-state index contributed by atoms with van der Waals surface area (Å²) in [5.41, 5.74) is 0. The van der Waals surface area contributed by atoms with Gasteiger partial charge in [-0.2, -0.15) is 18.3 Å². The van der Waals surface area contributed by atoms with Crippen LogP contribution in [0.4, 0.5) is 13.2 Å². The van der Waals surface area contributed by atoms with Crippen molar-refractivity contribution in [2.24, 2.45) is 12.0 Å². The summed E-state index contributed by atoms with van der Waals surface area (Å²) < 4.78 is 37.7. The Bertz CT molecular complexity index is 417. The Morgan fingerprint density at radius 2 is 2.10 bits per heavy atom. The second kappa shape index (κ2) is 8.97. The average Bonchev–Trinajstić information content (AvgIpc) is 2.70. The zero-order chi connectivity index (χ0) is 14.3. The minimum Gasteiger partial charge on any atom is -0.357 e. The molecule has 0 unspecified atom stereocenters. The number of hydrogen-bond acceptors (Lipinski definition) is 3. The van der Waals surface area contributed by atoms with Crippen molar-refractivity contribution in [3.8, 4) is 0 Å². The van der Waals surface area contributed by atoms with E-state index in [1.807, 2.05) is 6.92 Å². The maximum Gasteiger partial charge on any atom is 0.390 e. The molecule has 0 fully saturated rings. The van der Waals surface area contributed by atoms with Crippen molar-refractivity contribution in [3.63, 3.8) is 0 Å². The van der Waals surface area contributed by atoms with Gasteiger partial charge >= 0.3 is 6.18 Å². The van der Waals surface area contributed by atoms with Crippen LogP contribution in [0.15, 0.2) is 11.3 Å². The molecule has 1 aromatic heterocycles. The number of nitrogens with zero attached hydrogens (tertiary/aromatic N) is 4. The molecule has 0 aromatic carbocycles. The van der Waals surface area contributed by atoms with Crippen LogP contribution < -0.4 is 10.6 Å². The zero-order valence-corrected chi connectivity index (χ0v) is 13.6. The lowest BCUT2D eigenvalue weighted by Gasteiger charge is -2.12. The van der Waals surface area contributed by atoms with E-state index < -0.39 is 12.6 Å². The molecule has 1 heterocycles. The highest BCUT2D eigenvalue weighted by molar-refractivity contribution is 14.0. The van der Waals surface area contributed by atoms with E-state index in [9.17, 15) is 13.2 Å². The molecular weight excluding hydrogens is 388 g/mol. The molecular formula is C10H18F3IN6. The summed E-state index contributed by atoms with van der Waals surface area (Å²) in [7, 11) is 1.72. The number of hydrogen-bond donors (Lipinski definition) is 2. The van der Waals surface area contributed by atoms with Crippen molar-refractivity contribution < 1.29 is 13.2 Å². The SMILES string of the molecule is CCNC(=NCc1ncnn1C)NCCC(F)(F)F.I. The molecule has 0 atom stereocenters. The van der Waals surface area contributed by atoms with Gasteiger partial charge in [-0.15, -0.1) is 24.0 Å². The third kappa shape index (κ3) is 7.50. The van der Waals surface area contributed by atoms with Gasteiger partial charge < -0.3 is 10.6 Å². The molecule has 10 heteroatoms. The molecule has 116 valence electrons. The summed E-state index contributed by atoms with van der Waals surface area (Å²) in [6.07, 6.45) is -3.68. The molecule has 1 rings (SSSR count). The third-order valence-electron chi connectivity index (χ3n) is 2.23. The van der Waals surface area contributed by atoms with Gasteiger partial charge in [0.25, 0.3) is 0 Å². The molecule has 2 N–H and O–H groups in total. The summed E-state index contributed by atoms with van der Waals surface area (Å²) in [5, 5.41) is 9.37. The van der Waals surface area contributed by atoms with Gasteiger partial charge in [-0.05, 0) is 6.92 Å². The predicted octanol–water partition coefficient (Wildman–Crippen LogP) is 1.44. The number of aromatic nitrogens is 3. The van der Waals surface area contributed by atoms with E-state index in [0.29, 0.717) is 18.3 Å². The summed E-state index contributed by atoms with van der Waals surface area (Å²) >= 11 is 0. The highest BCUT2D eigenvalue weighted by Crippen LogP contribution is 2.17. The summed E-state index contributed by atoms with van der Waals surface area (Å²) in [5.74, 6) is 0.961. The maximum absolute atomic E-state index is 12.0. The van der Waals surface area contributed by atoms with Gasteiger partial charge in [-0.3, -0.25) is 4.68 Å². The van der Waals surface area contributed by atoms with Crippen molar-refractivity contribution >= 4 is 29.9 Å². The molecule has 0 saturated heterocycles. The van der Waals surface area contributed by atoms with E-state index in [2.05, 4.69) is 25.7 Å². The van der Waals surface area contributed by atoms with Gasteiger partial charge in [0.2, 0.25) is 0 Å². The van der Waals surface area contributed by atoms with Crippen LogP contribution in [0, 0.1) is 0 Å². The van der Waals surface area contributed by atoms with E-state index in [1.165, 1.54) is 6.33 Å². The Morgan fingerprint density at radius 3 is 2.60 bits per heavy atom. The highest BCUT2D eigenvalue weighted by Gasteiger charge is 2.26. The van der Waals surface area contributed by atoms with E-state index in [-0.39, 0.29) is 37.1 Å². The van der Waals surface area contributed by atoms with Gasteiger partial charge in [0, 0.05) is 20.1 Å². The molecule has 20 heavy (non-hydrogen) atoms. The fourth-order valence-corrected chi connectivity index (χ4v) is 1.28. The lowest BCUT2D eigenvalue weighted by atomic mass is 10.4. The van der Waals surface area contributed by atoms with Crippen LogP contribution in [0.5, 0.6) is 0 Å². The van der Waals surface area contributed by atoms with Crippen LogP contribution in [-0.4, -0.2) is 40.0 Å². The molecule has 0 spiro atoms. The molecule has 1 aromatic rings. The Labute approximate surface area is 132 Å². The lowest BCUT2D eigenvalue weighted by Crippen LogP contribution is -2.39. The van der Waals surface area contributed by atoms with Gasteiger partial charge in [-0.25, -0.2) is 9.98 Å². The maximum atomic E-state index is 12.0. The van der Waals surface area contributed by atoms with E-state index >= 15 is 0 Å². The topological polar surface area (TPSA) is 67.1 Å². The van der Waals surface area contributed by atoms with Gasteiger partial charge in [-0.1, -0.05) is 0 Å². The van der Waals surface area contributed by atoms with Gasteiger partial charge in [0.15, 0.2) is 5.96 Å². The molecule has 0 aliphatic carbocycles. The van der Waals surface area contributed by atoms with Crippen LogP contribution in [0.25, 0.3) is 0 Å². The highest BCUT2D eigenvalue weighted by atomic mass is 127. The molecule has 0 saturated carbocycles. The number of aliphatic imine (C=N–C) groups is 1. The van der Waals surface area contributed by atoms with Crippen LogP contribution in [0.3, 0.4) is 0 Å². The normalized spacial score (nSPS) is 11.9. The Balaban J connectivity index is 0.00000361.